The number of anilines is 3. The van der Waals surface area contributed by atoms with E-state index in [1.807, 2.05) is 6.07 Å². The van der Waals surface area contributed by atoms with Gasteiger partial charge in [0.1, 0.15) is 0 Å². The van der Waals surface area contributed by atoms with Crippen molar-refractivity contribution in [1.82, 2.24) is 10.3 Å². The van der Waals surface area contributed by atoms with Crippen LogP contribution in [0.4, 0.5) is 30.2 Å². The number of piperazine rings is 1. The second-order valence-electron chi connectivity index (χ2n) is 9.82. The summed E-state index contributed by atoms with van der Waals surface area (Å²) >= 11 is 12.3. The molecule has 206 valence electrons. The van der Waals surface area contributed by atoms with E-state index in [0.29, 0.717) is 60.3 Å². The highest BCUT2D eigenvalue weighted by molar-refractivity contribution is 6.37. The van der Waals surface area contributed by atoms with Crippen LogP contribution in [-0.2, 0) is 17.4 Å². The van der Waals surface area contributed by atoms with E-state index < -0.39 is 11.7 Å². The summed E-state index contributed by atoms with van der Waals surface area (Å²) in [4.78, 5) is 21.0. The topological polar surface area (TPSA) is 68.7 Å². The summed E-state index contributed by atoms with van der Waals surface area (Å²) in [6.45, 7) is 2.10. The van der Waals surface area contributed by atoms with Crippen molar-refractivity contribution in [2.45, 2.75) is 19.0 Å². The number of halogens is 5. The molecule has 1 saturated heterocycles. The maximum absolute atomic E-state index is 14.3. The molecule has 2 N–H and O–H groups in total. The fourth-order valence-electron chi connectivity index (χ4n) is 5.40. The lowest BCUT2D eigenvalue weighted by Crippen LogP contribution is -2.44. The summed E-state index contributed by atoms with van der Waals surface area (Å²) in [7, 11) is 0. The van der Waals surface area contributed by atoms with E-state index in [0.717, 1.165) is 11.6 Å². The number of nitrogens with one attached hydrogen (secondary N) is 1. The average molecular weight is 587 g/mol. The van der Waals surface area contributed by atoms with Crippen molar-refractivity contribution in [2.24, 2.45) is 0 Å². The van der Waals surface area contributed by atoms with Crippen LogP contribution in [0.5, 0.6) is 5.75 Å². The van der Waals surface area contributed by atoms with E-state index in [-0.39, 0.29) is 39.5 Å². The molecule has 6 rings (SSSR count). The number of aryl methyl sites for hydroxylation is 1. The number of alkyl halides is 3. The Hall–Kier alpha value is -3.53. The van der Waals surface area contributed by atoms with Crippen molar-refractivity contribution >= 4 is 57.1 Å². The lowest BCUT2D eigenvalue weighted by molar-refractivity contribution is -0.137. The van der Waals surface area contributed by atoms with Gasteiger partial charge in [-0.25, -0.2) is 0 Å². The van der Waals surface area contributed by atoms with Gasteiger partial charge in [0.25, 0.3) is 0 Å². The molecular weight excluding hydrogens is 564 g/mol. The Morgan fingerprint density at radius 1 is 0.925 bits per heavy atom. The lowest BCUT2D eigenvalue weighted by Gasteiger charge is -2.34. The number of phenols is 1. The third-order valence-electron chi connectivity index (χ3n) is 7.35. The SMILES string of the molecule is O=C1CCc2cnc3ccc(-c4cc(Cl)c(O)c(Cl)c4)cc3c2N1c1ccc(N2CCNCC2)c(C(F)(F)F)c1. The molecular formula is C29H23Cl2F3N4O2. The molecule has 0 unspecified atom stereocenters. The van der Waals surface area contributed by atoms with Crippen LogP contribution in [0.3, 0.4) is 0 Å². The number of hydrogen-bond donors (Lipinski definition) is 2. The second-order valence-corrected chi connectivity index (χ2v) is 10.6. The molecule has 11 heteroatoms. The van der Waals surface area contributed by atoms with Gasteiger partial charge in [0, 0.05) is 55.6 Å². The molecule has 0 atom stereocenters. The largest absolute Gasteiger partial charge is 0.505 e. The van der Waals surface area contributed by atoms with Gasteiger partial charge >= 0.3 is 6.18 Å². The Balaban J connectivity index is 1.52. The number of phenolic OH excluding ortho intramolecular Hbond substituents is 1. The first-order valence-corrected chi connectivity index (χ1v) is 13.5. The van der Waals surface area contributed by atoms with Crippen LogP contribution in [-0.4, -0.2) is 42.2 Å². The highest BCUT2D eigenvalue weighted by atomic mass is 35.5. The molecule has 40 heavy (non-hydrogen) atoms. The number of rotatable bonds is 3. The smallest absolute Gasteiger partial charge is 0.418 e. The van der Waals surface area contributed by atoms with Crippen LogP contribution in [0, 0.1) is 0 Å². The van der Waals surface area contributed by atoms with Crippen molar-refractivity contribution in [3.63, 3.8) is 0 Å². The molecule has 1 aromatic heterocycles. The van der Waals surface area contributed by atoms with Gasteiger partial charge in [0.05, 0.1) is 26.8 Å². The average Bonchev–Trinajstić information content (AvgIpc) is 2.95. The van der Waals surface area contributed by atoms with Gasteiger partial charge in [-0.1, -0.05) is 29.3 Å². The predicted molar refractivity (Wildman–Crippen MR) is 151 cm³/mol. The van der Waals surface area contributed by atoms with Crippen LogP contribution in [0.1, 0.15) is 17.5 Å². The number of carbonyl (C=O) groups excluding carboxylic acids is 1. The van der Waals surface area contributed by atoms with E-state index in [9.17, 15) is 23.1 Å². The van der Waals surface area contributed by atoms with Gasteiger partial charge in [-0.2, -0.15) is 13.2 Å². The Morgan fingerprint density at radius 2 is 1.65 bits per heavy atom. The number of amides is 1. The summed E-state index contributed by atoms with van der Waals surface area (Å²) in [5, 5.41) is 13.9. The van der Waals surface area contributed by atoms with Gasteiger partial charge in [-0.3, -0.25) is 14.7 Å². The molecule has 2 aliphatic rings. The number of aromatic hydroxyl groups is 1. The first kappa shape index (κ1) is 26.7. The molecule has 2 aliphatic heterocycles. The minimum Gasteiger partial charge on any atom is -0.505 e. The van der Waals surface area contributed by atoms with Gasteiger partial charge in [0.15, 0.2) is 5.75 Å². The molecule has 0 saturated carbocycles. The molecule has 1 amide bonds. The fraction of sp³-hybridized carbons (Fsp3) is 0.241. The van der Waals surface area contributed by atoms with Crippen LogP contribution in [0.25, 0.3) is 22.0 Å². The third kappa shape index (κ3) is 4.72. The van der Waals surface area contributed by atoms with Crippen LogP contribution in [0.2, 0.25) is 10.0 Å². The molecule has 1 fully saturated rings. The number of benzene rings is 3. The number of pyridine rings is 1. The van der Waals surface area contributed by atoms with Crippen molar-refractivity contribution in [2.75, 3.05) is 36.0 Å². The minimum atomic E-state index is -4.61. The number of hydrogen-bond acceptors (Lipinski definition) is 5. The quantitative estimate of drug-likeness (QED) is 0.272. The van der Waals surface area contributed by atoms with Gasteiger partial charge in [0.2, 0.25) is 5.91 Å². The third-order valence-corrected chi connectivity index (χ3v) is 7.92. The second kappa shape index (κ2) is 10.1. The maximum atomic E-state index is 14.3. The van der Waals surface area contributed by atoms with Crippen molar-refractivity contribution in [1.29, 1.82) is 0 Å². The van der Waals surface area contributed by atoms with Gasteiger partial charge < -0.3 is 15.3 Å². The molecule has 0 aliphatic carbocycles. The zero-order valence-electron chi connectivity index (χ0n) is 21.0. The Labute approximate surface area is 237 Å². The molecule has 0 bridgehead atoms. The molecule has 0 spiro atoms. The highest BCUT2D eigenvalue weighted by Crippen LogP contribution is 2.45. The summed E-state index contributed by atoms with van der Waals surface area (Å²) in [6, 6.07) is 12.6. The molecule has 4 aromatic rings. The number of nitrogens with zero attached hydrogens (tertiary/aromatic N) is 3. The van der Waals surface area contributed by atoms with Gasteiger partial charge in [-0.05, 0) is 65.6 Å². The number of aromatic nitrogens is 1. The number of carbonyl (C=O) groups is 1. The summed E-state index contributed by atoms with van der Waals surface area (Å²) in [5.74, 6) is -0.530. The van der Waals surface area contributed by atoms with Crippen molar-refractivity contribution in [3.05, 3.63) is 75.9 Å². The molecule has 3 heterocycles. The normalized spacial score (nSPS) is 16.0. The molecule has 6 nitrogen and oxygen atoms in total. The Morgan fingerprint density at radius 3 is 2.35 bits per heavy atom. The van der Waals surface area contributed by atoms with E-state index in [2.05, 4.69) is 10.3 Å². The minimum absolute atomic E-state index is 0.0804. The molecule has 3 aromatic carbocycles. The lowest BCUT2D eigenvalue weighted by atomic mass is 9.95. The zero-order valence-corrected chi connectivity index (χ0v) is 22.5. The standard InChI is InChI=1S/C29H23Cl2F3N4O2/c30-22-12-18(13-23(31)28(22)40)16-1-4-24-20(11-16)27-17(15-36-24)2-6-26(39)38(27)19-3-5-25(21(14-19)29(32,33)34)37-9-7-35-8-10-37/h1,3-5,11-15,35,40H,2,6-10H2. The van der Waals surface area contributed by atoms with E-state index >= 15 is 0 Å². The van der Waals surface area contributed by atoms with Crippen molar-refractivity contribution < 1.29 is 23.1 Å². The van der Waals surface area contributed by atoms with E-state index in [1.54, 1.807) is 41.4 Å². The van der Waals surface area contributed by atoms with Crippen molar-refractivity contribution in [3.8, 4) is 16.9 Å². The van der Waals surface area contributed by atoms with E-state index in [1.165, 1.54) is 11.0 Å². The number of fused-ring (bicyclic) bond motifs is 3. The first-order valence-electron chi connectivity index (χ1n) is 12.7. The zero-order chi connectivity index (χ0) is 28.2. The van der Waals surface area contributed by atoms with Crippen LogP contribution in [0.15, 0.2) is 54.7 Å². The summed E-state index contributed by atoms with van der Waals surface area (Å²) in [6.07, 6.45) is -2.38. The molecule has 0 radical (unpaired) electrons. The van der Waals surface area contributed by atoms with Crippen LogP contribution >= 0.6 is 23.2 Å². The monoisotopic (exact) mass is 586 g/mol. The maximum Gasteiger partial charge on any atom is 0.418 e. The predicted octanol–water partition coefficient (Wildman–Crippen LogP) is 6.95. The Bertz CT molecular complexity index is 1630. The summed E-state index contributed by atoms with van der Waals surface area (Å²) in [5.41, 5.74) is 2.62. The Kier molecular flexibility index (Phi) is 6.76. The van der Waals surface area contributed by atoms with E-state index in [4.69, 9.17) is 23.2 Å². The fourth-order valence-corrected chi connectivity index (χ4v) is 5.89. The van der Waals surface area contributed by atoms with Crippen LogP contribution < -0.4 is 15.1 Å². The van der Waals surface area contributed by atoms with Gasteiger partial charge in [-0.15, -0.1) is 0 Å². The highest BCUT2D eigenvalue weighted by Gasteiger charge is 2.37. The summed E-state index contributed by atoms with van der Waals surface area (Å²) < 4.78 is 43.0. The first-order chi connectivity index (χ1) is 19.1.